The molecule has 0 N–H and O–H groups in total. The zero-order valence-corrected chi connectivity index (χ0v) is 12.6. The van der Waals surface area contributed by atoms with Crippen LogP contribution in [-0.4, -0.2) is 39.5 Å². The van der Waals surface area contributed by atoms with Crippen LogP contribution >= 0.6 is 0 Å². The Morgan fingerprint density at radius 3 is 2.55 bits per heavy atom. The van der Waals surface area contributed by atoms with Crippen LogP contribution in [0, 0.1) is 29.6 Å². The summed E-state index contributed by atoms with van der Waals surface area (Å²) in [5, 5.41) is 25.3. The molecule has 2 rings (SSSR count). The number of morpholine rings is 1. The summed E-state index contributed by atoms with van der Waals surface area (Å²) in [7, 11) is 1.63. The number of methoxy groups -OCH3 is 1. The van der Waals surface area contributed by atoms with Gasteiger partial charge in [-0.2, -0.15) is 20.8 Å². The van der Waals surface area contributed by atoms with E-state index in [2.05, 4.69) is 15.1 Å². The van der Waals surface area contributed by atoms with Gasteiger partial charge in [0, 0.05) is 18.7 Å². The number of benzene rings is 1. The van der Waals surface area contributed by atoms with Crippen LogP contribution in [0.5, 0.6) is 5.75 Å². The summed E-state index contributed by atoms with van der Waals surface area (Å²) in [6.07, 6.45) is 0. The lowest BCUT2D eigenvalue weighted by Crippen LogP contribution is -2.36. The lowest BCUT2D eigenvalue weighted by Gasteiger charge is -2.31. The highest BCUT2D eigenvalue weighted by Crippen LogP contribution is 2.38. The summed E-state index contributed by atoms with van der Waals surface area (Å²) in [5.41, 5.74) is 2.48. The molecule has 1 aromatic carbocycles. The number of azo groups is 1. The molecular formula is C15H17N5O2. The van der Waals surface area contributed by atoms with Gasteiger partial charge in [0.15, 0.2) is 0 Å². The Kier molecular flexibility index (Phi) is 5.29. The van der Waals surface area contributed by atoms with Crippen molar-refractivity contribution in [1.82, 2.24) is 0 Å². The molecule has 1 aliphatic rings. The second kappa shape index (κ2) is 7.39. The number of rotatable bonds is 4. The van der Waals surface area contributed by atoms with Crippen LogP contribution in [0.15, 0.2) is 22.4 Å². The fraction of sp³-hybridized carbons (Fsp3) is 0.467. The quantitative estimate of drug-likeness (QED) is 0.795. The molecule has 7 heteroatoms. The summed E-state index contributed by atoms with van der Waals surface area (Å²) >= 11 is 0. The Bertz CT molecular complexity index is 625. The molecule has 1 aliphatic heterocycles. The van der Waals surface area contributed by atoms with Gasteiger partial charge in [0.2, 0.25) is 6.04 Å². The van der Waals surface area contributed by atoms with E-state index in [4.69, 9.17) is 20.0 Å². The maximum atomic E-state index is 8.75. The van der Waals surface area contributed by atoms with E-state index in [1.54, 1.807) is 25.3 Å². The Balaban J connectivity index is 2.38. The fourth-order valence-electron chi connectivity index (χ4n) is 2.32. The molecule has 0 aliphatic carbocycles. The lowest BCUT2D eigenvalue weighted by atomic mass is 10.1. The average molecular weight is 299 g/mol. The highest BCUT2D eigenvalue weighted by Gasteiger charge is 2.19. The van der Waals surface area contributed by atoms with Crippen molar-refractivity contribution < 1.29 is 9.47 Å². The number of hydrogen-bond acceptors (Lipinski definition) is 7. The van der Waals surface area contributed by atoms with Crippen LogP contribution in [0.1, 0.15) is 5.56 Å². The van der Waals surface area contributed by atoms with Crippen LogP contribution < -0.4 is 9.64 Å². The molecule has 0 saturated carbocycles. The smallest absolute Gasteiger partial charge is 0.242 e. The predicted molar refractivity (Wildman–Crippen MR) is 80.3 cm³/mol. The second-order valence-corrected chi connectivity index (χ2v) is 4.74. The molecule has 0 bridgehead atoms. The van der Waals surface area contributed by atoms with Crippen molar-refractivity contribution in [3.05, 3.63) is 17.7 Å². The van der Waals surface area contributed by atoms with E-state index in [0.29, 0.717) is 18.9 Å². The van der Waals surface area contributed by atoms with Gasteiger partial charge in [-0.05, 0) is 19.1 Å². The van der Waals surface area contributed by atoms with Crippen molar-refractivity contribution in [2.24, 2.45) is 10.2 Å². The molecular weight excluding hydrogens is 282 g/mol. The summed E-state index contributed by atoms with van der Waals surface area (Å²) in [6, 6.07) is 6.04. The van der Waals surface area contributed by atoms with E-state index in [-0.39, 0.29) is 0 Å². The summed E-state index contributed by atoms with van der Waals surface area (Å²) in [5.74, 6) is 0.760. The highest BCUT2D eigenvalue weighted by molar-refractivity contribution is 5.71. The molecule has 1 fully saturated rings. The van der Waals surface area contributed by atoms with Gasteiger partial charge in [0.1, 0.15) is 17.9 Å². The van der Waals surface area contributed by atoms with Gasteiger partial charge in [-0.15, -0.1) is 0 Å². The van der Waals surface area contributed by atoms with Crippen molar-refractivity contribution in [2.45, 2.75) is 13.0 Å². The number of nitrogens with zero attached hydrogens (tertiary/aromatic N) is 5. The van der Waals surface area contributed by atoms with Crippen LogP contribution in [0.25, 0.3) is 0 Å². The van der Waals surface area contributed by atoms with Gasteiger partial charge in [0.25, 0.3) is 0 Å². The zero-order chi connectivity index (χ0) is 15.9. The molecule has 0 aromatic heterocycles. The Labute approximate surface area is 129 Å². The van der Waals surface area contributed by atoms with E-state index < -0.39 is 6.04 Å². The third kappa shape index (κ3) is 3.33. The van der Waals surface area contributed by atoms with Gasteiger partial charge in [0.05, 0.1) is 31.7 Å². The Hall–Kier alpha value is -2.64. The SMILES string of the molecule is COc1ccc(N=NC(C#N)C#N)c(C)c1N1CCOCC1. The van der Waals surface area contributed by atoms with Gasteiger partial charge in [-0.1, -0.05) is 0 Å². The number of hydrogen-bond donors (Lipinski definition) is 0. The Morgan fingerprint density at radius 2 is 1.95 bits per heavy atom. The monoisotopic (exact) mass is 299 g/mol. The minimum Gasteiger partial charge on any atom is -0.495 e. The third-order valence-electron chi connectivity index (χ3n) is 3.44. The van der Waals surface area contributed by atoms with E-state index in [9.17, 15) is 0 Å². The van der Waals surface area contributed by atoms with Crippen LogP contribution in [0.2, 0.25) is 0 Å². The van der Waals surface area contributed by atoms with E-state index in [0.717, 1.165) is 30.1 Å². The van der Waals surface area contributed by atoms with Crippen molar-refractivity contribution >= 4 is 11.4 Å². The standard InChI is InChI=1S/C15H17N5O2/c1-11-13(19-18-12(9-16)10-17)3-4-14(21-2)15(11)20-5-7-22-8-6-20/h3-4,12H,5-8H2,1-2H3. The number of ether oxygens (including phenoxy) is 2. The molecule has 22 heavy (non-hydrogen) atoms. The summed E-state index contributed by atoms with van der Waals surface area (Å²) in [6.45, 7) is 4.81. The van der Waals surface area contributed by atoms with E-state index in [1.807, 2.05) is 13.0 Å². The zero-order valence-electron chi connectivity index (χ0n) is 12.6. The highest BCUT2D eigenvalue weighted by atomic mass is 16.5. The normalized spacial score (nSPS) is 14.9. The molecule has 0 spiro atoms. The first-order valence-electron chi connectivity index (χ1n) is 6.91. The van der Waals surface area contributed by atoms with Crippen molar-refractivity contribution in [3.63, 3.8) is 0 Å². The first-order chi connectivity index (χ1) is 10.7. The number of nitriles is 2. The molecule has 114 valence electrons. The fourth-order valence-corrected chi connectivity index (χ4v) is 2.32. The third-order valence-corrected chi connectivity index (χ3v) is 3.44. The topological polar surface area (TPSA) is 94.0 Å². The summed E-state index contributed by atoms with van der Waals surface area (Å²) < 4.78 is 10.8. The van der Waals surface area contributed by atoms with Crippen LogP contribution in [-0.2, 0) is 4.74 Å². The largest absolute Gasteiger partial charge is 0.495 e. The molecule has 1 saturated heterocycles. The number of anilines is 1. The van der Waals surface area contributed by atoms with Gasteiger partial charge in [-0.3, -0.25) is 0 Å². The Morgan fingerprint density at radius 1 is 1.27 bits per heavy atom. The first-order valence-corrected chi connectivity index (χ1v) is 6.91. The van der Waals surface area contributed by atoms with E-state index >= 15 is 0 Å². The van der Waals surface area contributed by atoms with Crippen molar-refractivity contribution in [1.29, 1.82) is 10.5 Å². The maximum absolute atomic E-state index is 8.75. The molecule has 0 amide bonds. The first kappa shape index (κ1) is 15.7. The molecule has 0 atom stereocenters. The minimum absolute atomic E-state index is 0.623. The molecule has 1 heterocycles. The summed E-state index contributed by atoms with van der Waals surface area (Å²) in [4.78, 5) is 2.18. The van der Waals surface area contributed by atoms with Crippen molar-refractivity contribution in [2.75, 3.05) is 38.3 Å². The minimum atomic E-state index is -1.09. The van der Waals surface area contributed by atoms with Gasteiger partial charge < -0.3 is 14.4 Å². The lowest BCUT2D eigenvalue weighted by molar-refractivity contribution is 0.122. The predicted octanol–water partition coefficient (Wildman–Crippen LogP) is 2.34. The maximum Gasteiger partial charge on any atom is 0.242 e. The molecule has 0 unspecified atom stereocenters. The average Bonchev–Trinajstić information content (AvgIpc) is 2.57. The van der Waals surface area contributed by atoms with Gasteiger partial charge >= 0.3 is 0 Å². The molecule has 1 aromatic rings. The van der Waals surface area contributed by atoms with E-state index in [1.165, 1.54) is 0 Å². The van der Waals surface area contributed by atoms with Crippen LogP contribution in [0.3, 0.4) is 0 Å². The van der Waals surface area contributed by atoms with Gasteiger partial charge in [-0.25, -0.2) is 0 Å². The van der Waals surface area contributed by atoms with Crippen molar-refractivity contribution in [3.8, 4) is 17.9 Å². The second-order valence-electron chi connectivity index (χ2n) is 4.74. The van der Waals surface area contributed by atoms with Crippen LogP contribution in [0.4, 0.5) is 11.4 Å². The molecule has 0 radical (unpaired) electrons. The molecule has 7 nitrogen and oxygen atoms in total.